The van der Waals surface area contributed by atoms with E-state index in [1.165, 1.54) is 18.3 Å². The summed E-state index contributed by atoms with van der Waals surface area (Å²) in [5, 5.41) is 0. The van der Waals surface area contributed by atoms with Crippen LogP contribution in [0.4, 0.5) is 8.78 Å². The lowest BCUT2D eigenvalue weighted by Gasteiger charge is -2.32. The lowest BCUT2D eigenvalue weighted by atomic mass is 10.1. The minimum absolute atomic E-state index is 0.00270. The van der Waals surface area contributed by atoms with Gasteiger partial charge in [-0.2, -0.15) is 0 Å². The molecule has 1 aliphatic heterocycles. The fourth-order valence-electron chi connectivity index (χ4n) is 2.77. The number of hydrogen-bond acceptors (Lipinski definition) is 3. The molecule has 0 aliphatic carbocycles. The summed E-state index contributed by atoms with van der Waals surface area (Å²) < 4.78 is 32.1. The third-order valence-corrected chi connectivity index (χ3v) is 4.11. The summed E-state index contributed by atoms with van der Waals surface area (Å²) in [4.78, 5) is 27.8. The van der Waals surface area contributed by atoms with Crippen LogP contribution in [-0.2, 0) is 0 Å². The Hall–Kier alpha value is -2.90. The predicted octanol–water partition coefficient (Wildman–Crippen LogP) is 2.08. The molecule has 0 spiro atoms. The Morgan fingerprint density at radius 1 is 1.20 bits per heavy atom. The van der Waals surface area contributed by atoms with Crippen LogP contribution in [0.3, 0.4) is 0 Å². The van der Waals surface area contributed by atoms with Crippen LogP contribution in [0.1, 0.15) is 33.7 Å². The van der Waals surface area contributed by atoms with Crippen LogP contribution in [-0.4, -0.2) is 40.9 Å². The first-order valence-corrected chi connectivity index (χ1v) is 7.83. The molecular weight excluding hydrogens is 332 g/mol. The zero-order valence-electron chi connectivity index (χ0n) is 13.3. The number of nitrogens with zero attached hydrogens (tertiary/aromatic N) is 1. The molecule has 132 valence electrons. The van der Waals surface area contributed by atoms with E-state index in [1.807, 2.05) is 0 Å². The number of aromatic amines is 1. The molecule has 1 aromatic heterocycles. The number of benzene rings is 1. The summed E-state index contributed by atoms with van der Waals surface area (Å²) in [5.41, 5.74) is 5.69. The Balaban J connectivity index is 1.57. The van der Waals surface area contributed by atoms with Gasteiger partial charge in [-0.15, -0.1) is 0 Å². The van der Waals surface area contributed by atoms with Crippen molar-refractivity contribution < 1.29 is 23.1 Å². The number of carbonyl (C=O) groups is 2. The predicted molar refractivity (Wildman–Crippen MR) is 85.2 cm³/mol. The maximum Gasteiger partial charge on any atom is 0.265 e. The van der Waals surface area contributed by atoms with Gasteiger partial charge in [-0.3, -0.25) is 9.59 Å². The lowest BCUT2D eigenvalue weighted by molar-refractivity contribution is 0.0588. The summed E-state index contributed by atoms with van der Waals surface area (Å²) in [6, 6.07) is 4.59. The highest BCUT2D eigenvalue weighted by atomic mass is 19.1. The van der Waals surface area contributed by atoms with Crippen LogP contribution in [0.15, 0.2) is 30.5 Å². The van der Waals surface area contributed by atoms with E-state index < -0.39 is 17.5 Å². The minimum Gasteiger partial charge on any atom is -0.487 e. The number of piperidine rings is 1. The monoisotopic (exact) mass is 349 g/mol. The zero-order chi connectivity index (χ0) is 18.0. The Bertz CT molecular complexity index is 798. The van der Waals surface area contributed by atoms with Gasteiger partial charge in [0, 0.05) is 38.2 Å². The minimum atomic E-state index is -0.746. The molecule has 1 aromatic carbocycles. The van der Waals surface area contributed by atoms with E-state index >= 15 is 0 Å². The summed E-state index contributed by atoms with van der Waals surface area (Å²) in [7, 11) is 0. The lowest BCUT2D eigenvalue weighted by Crippen LogP contribution is -2.41. The quantitative estimate of drug-likeness (QED) is 0.886. The average molecular weight is 349 g/mol. The Morgan fingerprint density at radius 3 is 2.52 bits per heavy atom. The summed E-state index contributed by atoms with van der Waals surface area (Å²) in [5.74, 6) is -2.25. The van der Waals surface area contributed by atoms with E-state index in [1.54, 1.807) is 4.90 Å². The smallest absolute Gasteiger partial charge is 0.265 e. The summed E-state index contributed by atoms with van der Waals surface area (Å²) in [6.45, 7) is 0.868. The molecule has 3 N–H and O–H groups in total. The van der Waals surface area contributed by atoms with Crippen LogP contribution in [0.25, 0.3) is 0 Å². The maximum absolute atomic E-state index is 13.6. The molecule has 1 saturated heterocycles. The third-order valence-electron chi connectivity index (χ3n) is 4.11. The Morgan fingerprint density at radius 2 is 1.92 bits per heavy atom. The topological polar surface area (TPSA) is 88.4 Å². The molecule has 2 amide bonds. The number of carbonyl (C=O) groups excluding carboxylic acids is 2. The van der Waals surface area contributed by atoms with Gasteiger partial charge >= 0.3 is 0 Å². The van der Waals surface area contributed by atoms with Crippen LogP contribution < -0.4 is 10.5 Å². The van der Waals surface area contributed by atoms with E-state index in [4.69, 9.17) is 10.5 Å². The van der Waals surface area contributed by atoms with Gasteiger partial charge in [-0.25, -0.2) is 8.78 Å². The van der Waals surface area contributed by atoms with Crippen LogP contribution in [0.5, 0.6) is 5.75 Å². The molecule has 3 rings (SSSR count). The van der Waals surface area contributed by atoms with Crippen molar-refractivity contribution in [2.24, 2.45) is 5.73 Å². The molecule has 0 saturated carbocycles. The van der Waals surface area contributed by atoms with Gasteiger partial charge in [0.25, 0.3) is 11.8 Å². The fraction of sp³-hybridized carbons (Fsp3) is 0.294. The van der Waals surface area contributed by atoms with Crippen molar-refractivity contribution in [3.63, 3.8) is 0 Å². The second-order valence-corrected chi connectivity index (χ2v) is 5.85. The standard InChI is InChI=1S/C17H17F2N3O3/c18-11-1-2-15(13(19)8-11)25-12-3-5-22(6-4-12)17(24)10-7-14(16(20)23)21-9-10/h1-2,7-9,12,21H,3-6H2,(H2,20,23). The highest BCUT2D eigenvalue weighted by molar-refractivity contribution is 5.98. The molecule has 0 unspecified atom stereocenters. The van der Waals surface area contributed by atoms with Crippen molar-refractivity contribution in [3.8, 4) is 5.75 Å². The average Bonchev–Trinajstić information content (AvgIpc) is 3.08. The van der Waals surface area contributed by atoms with E-state index in [9.17, 15) is 18.4 Å². The molecule has 1 aliphatic rings. The molecule has 2 heterocycles. The van der Waals surface area contributed by atoms with E-state index in [0.717, 1.165) is 12.1 Å². The van der Waals surface area contributed by atoms with Gasteiger partial charge in [0.2, 0.25) is 0 Å². The van der Waals surface area contributed by atoms with Gasteiger partial charge in [0.05, 0.1) is 5.56 Å². The SMILES string of the molecule is NC(=O)c1cc(C(=O)N2CCC(Oc3ccc(F)cc3F)CC2)c[nH]1. The summed E-state index contributed by atoms with van der Waals surface area (Å²) >= 11 is 0. The molecule has 0 bridgehead atoms. The molecule has 25 heavy (non-hydrogen) atoms. The summed E-state index contributed by atoms with van der Waals surface area (Å²) in [6.07, 6.45) is 2.24. The number of aromatic nitrogens is 1. The molecular formula is C17H17F2N3O3. The molecule has 1 fully saturated rings. The van der Waals surface area contributed by atoms with Crippen LogP contribution >= 0.6 is 0 Å². The number of nitrogens with one attached hydrogen (secondary N) is 1. The molecule has 0 radical (unpaired) electrons. The van der Waals surface area contributed by atoms with E-state index in [0.29, 0.717) is 31.5 Å². The van der Waals surface area contributed by atoms with Crippen molar-refractivity contribution in [2.75, 3.05) is 13.1 Å². The second-order valence-electron chi connectivity index (χ2n) is 5.85. The second kappa shape index (κ2) is 6.92. The number of primary amides is 1. The van der Waals surface area contributed by atoms with Crippen LogP contribution in [0.2, 0.25) is 0 Å². The molecule has 0 atom stereocenters. The maximum atomic E-state index is 13.6. The number of ether oxygens (including phenoxy) is 1. The van der Waals surface area contributed by atoms with Gasteiger partial charge < -0.3 is 20.4 Å². The molecule has 2 aromatic rings. The number of rotatable bonds is 4. The van der Waals surface area contributed by atoms with Crippen molar-refractivity contribution in [3.05, 3.63) is 53.4 Å². The van der Waals surface area contributed by atoms with Crippen molar-refractivity contribution >= 4 is 11.8 Å². The van der Waals surface area contributed by atoms with Gasteiger partial charge in [-0.05, 0) is 18.2 Å². The van der Waals surface area contributed by atoms with E-state index in [-0.39, 0.29) is 23.5 Å². The highest BCUT2D eigenvalue weighted by Crippen LogP contribution is 2.23. The van der Waals surface area contributed by atoms with Gasteiger partial charge in [0.15, 0.2) is 11.6 Å². The number of amides is 2. The number of hydrogen-bond donors (Lipinski definition) is 2. The Labute approximate surface area is 142 Å². The number of H-pyrrole nitrogens is 1. The van der Waals surface area contributed by atoms with Gasteiger partial charge in [-0.1, -0.05) is 0 Å². The van der Waals surface area contributed by atoms with Gasteiger partial charge in [0.1, 0.15) is 17.6 Å². The Kier molecular flexibility index (Phi) is 4.69. The highest BCUT2D eigenvalue weighted by Gasteiger charge is 2.26. The van der Waals surface area contributed by atoms with Crippen molar-refractivity contribution in [2.45, 2.75) is 18.9 Å². The molecule has 8 heteroatoms. The molecule has 6 nitrogen and oxygen atoms in total. The number of nitrogens with two attached hydrogens (primary N) is 1. The van der Waals surface area contributed by atoms with Crippen LogP contribution in [0, 0.1) is 11.6 Å². The van der Waals surface area contributed by atoms with Crippen molar-refractivity contribution in [1.82, 2.24) is 9.88 Å². The third kappa shape index (κ3) is 3.78. The first-order valence-electron chi connectivity index (χ1n) is 7.83. The first-order chi connectivity index (χ1) is 11.9. The first kappa shape index (κ1) is 16.9. The largest absolute Gasteiger partial charge is 0.487 e. The van der Waals surface area contributed by atoms with E-state index in [2.05, 4.69) is 4.98 Å². The number of halogens is 2. The van der Waals surface area contributed by atoms with Crippen molar-refractivity contribution in [1.29, 1.82) is 0 Å². The normalized spacial score (nSPS) is 15.2. The fourth-order valence-corrected chi connectivity index (χ4v) is 2.77. The number of likely N-dealkylation sites (tertiary alicyclic amines) is 1. The zero-order valence-corrected chi connectivity index (χ0v) is 13.3.